The van der Waals surface area contributed by atoms with Gasteiger partial charge in [-0.05, 0) is 37.6 Å². The Balaban J connectivity index is 2.01. The maximum absolute atomic E-state index is 11.9. The van der Waals surface area contributed by atoms with Crippen LogP contribution >= 0.6 is 0 Å². The van der Waals surface area contributed by atoms with Crippen LogP contribution in [0.4, 0.5) is 0 Å². The third-order valence-electron chi connectivity index (χ3n) is 3.03. The minimum Gasteiger partial charge on any atom is -0.482 e. The van der Waals surface area contributed by atoms with Gasteiger partial charge in [-0.15, -0.1) is 0 Å². The van der Waals surface area contributed by atoms with Gasteiger partial charge in [0.2, 0.25) is 0 Å². The van der Waals surface area contributed by atoms with Crippen molar-refractivity contribution in [2.45, 2.75) is 39.6 Å². The van der Waals surface area contributed by atoms with Gasteiger partial charge in [-0.1, -0.05) is 12.1 Å². The maximum Gasteiger partial charge on any atom is 0.348 e. The van der Waals surface area contributed by atoms with E-state index in [1.807, 2.05) is 0 Å². The van der Waals surface area contributed by atoms with Crippen molar-refractivity contribution in [3.8, 4) is 5.75 Å². The maximum atomic E-state index is 11.9. The molecular weight excluding hydrogens is 328 g/mol. The smallest absolute Gasteiger partial charge is 0.348 e. The van der Waals surface area contributed by atoms with Crippen LogP contribution in [0.25, 0.3) is 6.08 Å². The number of carbonyl (C=O) groups is 3. The SMILES string of the molecule is CC(C)OC(=O)COc1ccc(C=C2C(=O)OC(C)(C)OC2=O)cc1. The molecule has 0 saturated carbocycles. The molecule has 0 aliphatic carbocycles. The van der Waals surface area contributed by atoms with Gasteiger partial charge in [0, 0.05) is 13.8 Å². The lowest BCUT2D eigenvalue weighted by atomic mass is 10.1. The summed E-state index contributed by atoms with van der Waals surface area (Å²) < 4.78 is 20.3. The fraction of sp³-hybridized carbons (Fsp3) is 0.389. The Morgan fingerprint density at radius 2 is 1.68 bits per heavy atom. The van der Waals surface area contributed by atoms with E-state index in [4.69, 9.17) is 18.9 Å². The van der Waals surface area contributed by atoms with Crippen LogP contribution in [-0.2, 0) is 28.6 Å². The van der Waals surface area contributed by atoms with Crippen molar-refractivity contribution < 1.29 is 33.3 Å². The highest BCUT2D eigenvalue weighted by Gasteiger charge is 2.38. The molecule has 0 N–H and O–H groups in total. The van der Waals surface area contributed by atoms with Gasteiger partial charge in [0.1, 0.15) is 11.3 Å². The van der Waals surface area contributed by atoms with Crippen molar-refractivity contribution >= 4 is 24.0 Å². The first kappa shape index (κ1) is 18.5. The number of hydrogen-bond donors (Lipinski definition) is 0. The predicted molar refractivity (Wildman–Crippen MR) is 87.4 cm³/mol. The Kier molecular flexibility index (Phi) is 5.46. The highest BCUT2D eigenvalue weighted by Crippen LogP contribution is 2.24. The standard InChI is InChI=1S/C18H20O7/c1-11(2)23-15(19)10-22-13-7-5-12(6-8-13)9-14-16(20)24-18(3,4)25-17(14)21/h5-9,11H,10H2,1-4H3. The van der Waals surface area contributed by atoms with Crippen LogP contribution < -0.4 is 4.74 Å². The monoisotopic (exact) mass is 348 g/mol. The molecule has 1 aromatic rings. The fourth-order valence-corrected chi connectivity index (χ4v) is 2.04. The number of cyclic esters (lactones) is 2. The Labute approximate surface area is 145 Å². The molecule has 2 rings (SSSR count). The summed E-state index contributed by atoms with van der Waals surface area (Å²) in [6.07, 6.45) is 1.17. The zero-order valence-corrected chi connectivity index (χ0v) is 14.5. The van der Waals surface area contributed by atoms with Crippen molar-refractivity contribution in [1.29, 1.82) is 0 Å². The summed E-state index contributed by atoms with van der Waals surface area (Å²) in [7, 11) is 0. The third-order valence-corrected chi connectivity index (χ3v) is 3.03. The molecule has 134 valence electrons. The lowest BCUT2D eigenvalue weighted by Gasteiger charge is -2.29. The van der Waals surface area contributed by atoms with Crippen molar-refractivity contribution in [2.75, 3.05) is 6.61 Å². The van der Waals surface area contributed by atoms with E-state index < -0.39 is 23.7 Å². The lowest BCUT2D eigenvalue weighted by Crippen LogP contribution is -2.41. The van der Waals surface area contributed by atoms with Crippen molar-refractivity contribution in [1.82, 2.24) is 0 Å². The molecule has 0 atom stereocenters. The molecule has 25 heavy (non-hydrogen) atoms. The van der Waals surface area contributed by atoms with Gasteiger partial charge in [0.15, 0.2) is 6.61 Å². The molecule has 7 heteroatoms. The lowest BCUT2D eigenvalue weighted by molar-refractivity contribution is -0.222. The molecule has 0 aromatic heterocycles. The molecule has 0 bridgehead atoms. The second-order valence-corrected chi connectivity index (χ2v) is 6.13. The average Bonchev–Trinajstić information content (AvgIpc) is 2.48. The molecule has 0 unspecified atom stereocenters. The molecule has 0 radical (unpaired) electrons. The molecule has 1 aliphatic heterocycles. The highest BCUT2D eigenvalue weighted by molar-refractivity contribution is 6.18. The quantitative estimate of drug-likeness (QED) is 0.458. The average molecular weight is 348 g/mol. The number of ether oxygens (including phenoxy) is 4. The number of carbonyl (C=O) groups excluding carboxylic acids is 3. The first-order chi connectivity index (χ1) is 11.7. The van der Waals surface area contributed by atoms with E-state index in [0.717, 1.165) is 0 Å². The molecular formula is C18H20O7. The van der Waals surface area contributed by atoms with Gasteiger partial charge in [0.25, 0.3) is 5.79 Å². The topological polar surface area (TPSA) is 88.1 Å². The third kappa shape index (κ3) is 5.34. The summed E-state index contributed by atoms with van der Waals surface area (Å²) >= 11 is 0. The van der Waals surface area contributed by atoms with Crippen molar-refractivity contribution in [3.05, 3.63) is 35.4 Å². The normalized spacial score (nSPS) is 16.1. The Bertz CT molecular complexity index is 677. The van der Waals surface area contributed by atoms with Crippen LogP contribution in [0.3, 0.4) is 0 Å². The van der Waals surface area contributed by atoms with Gasteiger partial charge in [-0.25, -0.2) is 14.4 Å². The number of esters is 3. The summed E-state index contributed by atoms with van der Waals surface area (Å²) in [6, 6.07) is 6.49. The molecule has 1 aromatic carbocycles. The van der Waals surface area contributed by atoms with E-state index in [9.17, 15) is 14.4 Å². The van der Waals surface area contributed by atoms with Gasteiger partial charge >= 0.3 is 17.9 Å². The van der Waals surface area contributed by atoms with Crippen LogP contribution in [-0.4, -0.2) is 36.4 Å². The van der Waals surface area contributed by atoms with Crippen molar-refractivity contribution in [2.24, 2.45) is 0 Å². The summed E-state index contributed by atoms with van der Waals surface area (Å²) in [5.41, 5.74) is 0.397. The van der Waals surface area contributed by atoms with Gasteiger partial charge in [-0.3, -0.25) is 0 Å². The Hall–Kier alpha value is -2.83. The first-order valence-electron chi connectivity index (χ1n) is 7.77. The van der Waals surface area contributed by atoms with E-state index in [-0.39, 0.29) is 18.3 Å². The molecule has 1 heterocycles. The van der Waals surface area contributed by atoms with Crippen LogP contribution in [0.5, 0.6) is 5.75 Å². The van der Waals surface area contributed by atoms with Crippen LogP contribution in [0, 0.1) is 0 Å². The van der Waals surface area contributed by atoms with Crippen molar-refractivity contribution in [3.63, 3.8) is 0 Å². The Morgan fingerprint density at radius 1 is 1.12 bits per heavy atom. The zero-order chi connectivity index (χ0) is 18.6. The number of benzene rings is 1. The summed E-state index contributed by atoms with van der Waals surface area (Å²) in [6.45, 7) is 6.27. The molecule has 0 spiro atoms. The largest absolute Gasteiger partial charge is 0.482 e. The highest BCUT2D eigenvalue weighted by atomic mass is 16.7. The minimum absolute atomic E-state index is 0.187. The van der Waals surface area contributed by atoms with Gasteiger partial charge in [0.05, 0.1) is 6.10 Å². The Morgan fingerprint density at radius 3 is 2.20 bits per heavy atom. The number of hydrogen-bond acceptors (Lipinski definition) is 7. The molecule has 1 aliphatic rings. The van der Waals surface area contributed by atoms with E-state index in [1.54, 1.807) is 38.1 Å². The minimum atomic E-state index is -1.27. The second-order valence-electron chi connectivity index (χ2n) is 6.13. The van der Waals surface area contributed by atoms with Crippen LogP contribution in [0.2, 0.25) is 0 Å². The molecule has 7 nitrogen and oxygen atoms in total. The van der Waals surface area contributed by atoms with E-state index in [2.05, 4.69) is 0 Å². The van der Waals surface area contributed by atoms with Crippen LogP contribution in [0.15, 0.2) is 29.8 Å². The zero-order valence-electron chi connectivity index (χ0n) is 14.5. The van der Waals surface area contributed by atoms with Gasteiger partial charge in [-0.2, -0.15) is 0 Å². The van der Waals surface area contributed by atoms with E-state index in [1.165, 1.54) is 19.9 Å². The predicted octanol–water partition coefficient (Wildman–Crippen LogP) is 2.24. The van der Waals surface area contributed by atoms with Crippen LogP contribution in [0.1, 0.15) is 33.3 Å². The van der Waals surface area contributed by atoms with E-state index in [0.29, 0.717) is 11.3 Å². The molecule has 1 saturated heterocycles. The van der Waals surface area contributed by atoms with E-state index >= 15 is 0 Å². The molecule has 0 amide bonds. The second kappa shape index (κ2) is 7.38. The summed E-state index contributed by atoms with van der Waals surface area (Å²) in [5, 5.41) is 0. The molecule has 1 fully saturated rings. The van der Waals surface area contributed by atoms with Gasteiger partial charge < -0.3 is 18.9 Å². The fourth-order valence-electron chi connectivity index (χ4n) is 2.04. The summed E-state index contributed by atoms with van der Waals surface area (Å²) in [5.74, 6) is -2.75. The summed E-state index contributed by atoms with van der Waals surface area (Å²) in [4.78, 5) is 35.2. The number of rotatable bonds is 5. The first-order valence-corrected chi connectivity index (χ1v) is 7.77.